The van der Waals surface area contributed by atoms with Crippen LogP contribution in [0, 0.1) is 5.92 Å². The number of alkyl halides is 3. The molecule has 2 atom stereocenters. The minimum Gasteiger partial charge on any atom is -0.435 e. The number of nitrogens with one attached hydrogen (secondary N) is 1. The number of rotatable bonds is 5. The Morgan fingerprint density at radius 2 is 2.25 bits per heavy atom. The van der Waals surface area contributed by atoms with Gasteiger partial charge in [-0.05, 0) is 37.0 Å². The molecule has 1 N–H and O–H groups in total. The molecule has 0 spiro atoms. The second-order valence-corrected chi connectivity index (χ2v) is 6.00. The lowest BCUT2D eigenvalue weighted by atomic mass is 10.1. The lowest BCUT2D eigenvalue weighted by Crippen LogP contribution is -2.30. The fraction of sp³-hybridized carbons (Fsp3) is 0.500. The first-order chi connectivity index (χ1) is 9.56. The monoisotopic (exact) mass is 347 g/mol. The van der Waals surface area contributed by atoms with Crippen LogP contribution in [0.25, 0.3) is 0 Å². The van der Waals surface area contributed by atoms with E-state index in [9.17, 15) is 13.6 Å². The Kier molecular flexibility index (Phi) is 5.34. The van der Waals surface area contributed by atoms with Gasteiger partial charge in [-0.2, -0.15) is 8.78 Å². The number of halogens is 3. The third-order valence-electron chi connectivity index (χ3n) is 3.41. The highest BCUT2D eigenvalue weighted by molar-refractivity contribution is 9.09. The van der Waals surface area contributed by atoms with Gasteiger partial charge in [0.05, 0.1) is 0 Å². The van der Waals surface area contributed by atoms with Crippen molar-refractivity contribution in [3.63, 3.8) is 0 Å². The van der Waals surface area contributed by atoms with Gasteiger partial charge in [0.15, 0.2) is 0 Å². The molecule has 1 aromatic carbocycles. The highest BCUT2D eigenvalue weighted by Gasteiger charge is 2.25. The van der Waals surface area contributed by atoms with Crippen LogP contribution in [0.3, 0.4) is 0 Å². The average molecular weight is 348 g/mol. The maximum atomic E-state index is 12.1. The zero-order valence-corrected chi connectivity index (χ0v) is 12.4. The number of hydrogen-bond donors (Lipinski definition) is 1. The van der Waals surface area contributed by atoms with Crippen molar-refractivity contribution in [1.82, 2.24) is 5.32 Å². The van der Waals surface area contributed by atoms with E-state index in [0.29, 0.717) is 22.9 Å². The lowest BCUT2D eigenvalue weighted by molar-refractivity contribution is -0.0498. The SMILES string of the molecule is O=C(NCC1CCCC1Br)c1cccc(OC(F)F)c1. The highest BCUT2D eigenvalue weighted by Crippen LogP contribution is 2.30. The highest BCUT2D eigenvalue weighted by atomic mass is 79.9. The average Bonchev–Trinajstić information content (AvgIpc) is 2.81. The summed E-state index contributed by atoms with van der Waals surface area (Å²) in [4.78, 5) is 12.4. The van der Waals surface area contributed by atoms with Crippen molar-refractivity contribution in [3.05, 3.63) is 29.8 Å². The summed E-state index contributed by atoms with van der Waals surface area (Å²) < 4.78 is 28.5. The Morgan fingerprint density at radius 3 is 2.90 bits per heavy atom. The van der Waals surface area contributed by atoms with Crippen LogP contribution in [0.2, 0.25) is 0 Å². The van der Waals surface area contributed by atoms with Crippen LogP contribution in [0.15, 0.2) is 24.3 Å². The van der Waals surface area contributed by atoms with Crippen LogP contribution in [-0.2, 0) is 0 Å². The second kappa shape index (κ2) is 7.02. The van der Waals surface area contributed by atoms with E-state index >= 15 is 0 Å². The van der Waals surface area contributed by atoms with Gasteiger partial charge in [0, 0.05) is 16.9 Å². The number of ether oxygens (including phenoxy) is 1. The minimum atomic E-state index is -2.89. The van der Waals surface area contributed by atoms with Gasteiger partial charge in [0.25, 0.3) is 5.91 Å². The standard InChI is InChI=1S/C14H16BrF2NO2/c15-12-6-2-4-10(12)8-18-13(19)9-3-1-5-11(7-9)20-14(16)17/h1,3,5,7,10,12,14H,2,4,6,8H2,(H,18,19). The zero-order chi connectivity index (χ0) is 14.5. The number of carbonyl (C=O) groups excluding carboxylic acids is 1. The molecule has 20 heavy (non-hydrogen) atoms. The van der Waals surface area contributed by atoms with Gasteiger partial charge in [-0.25, -0.2) is 0 Å². The summed E-state index contributed by atoms with van der Waals surface area (Å²) in [5.74, 6) is 0.155. The summed E-state index contributed by atoms with van der Waals surface area (Å²) >= 11 is 3.60. The smallest absolute Gasteiger partial charge is 0.387 e. The maximum Gasteiger partial charge on any atom is 0.387 e. The molecule has 1 saturated carbocycles. The van der Waals surface area contributed by atoms with Gasteiger partial charge in [0.2, 0.25) is 0 Å². The molecule has 3 nitrogen and oxygen atoms in total. The van der Waals surface area contributed by atoms with E-state index in [1.54, 1.807) is 6.07 Å². The molecule has 0 radical (unpaired) electrons. The number of carbonyl (C=O) groups is 1. The number of hydrogen-bond acceptors (Lipinski definition) is 2. The quantitative estimate of drug-likeness (QED) is 0.826. The van der Waals surface area contributed by atoms with Crippen LogP contribution in [0.5, 0.6) is 5.75 Å². The molecule has 0 heterocycles. The molecule has 2 unspecified atom stereocenters. The molecule has 0 aromatic heterocycles. The third kappa shape index (κ3) is 4.16. The van der Waals surface area contributed by atoms with E-state index in [-0.39, 0.29) is 11.7 Å². The van der Waals surface area contributed by atoms with E-state index in [2.05, 4.69) is 26.0 Å². The third-order valence-corrected chi connectivity index (χ3v) is 4.62. The van der Waals surface area contributed by atoms with Crippen molar-refractivity contribution in [1.29, 1.82) is 0 Å². The lowest BCUT2D eigenvalue weighted by Gasteiger charge is -2.15. The largest absolute Gasteiger partial charge is 0.435 e. The maximum absolute atomic E-state index is 12.1. The van der Waals surface area contributed by atoms with Crippen molar-refractivity contribution in [3.8, 4) is 5.75 Å². The molecular formula is C14H16BrF2NO2. The fourth-order valence-electron chi connectivity index (χ4n) is 2.36. The van der Waals surface area contributed by atoms with E-state index < -0.39 is 6.61 Å². The van der Waals surface area contributed by atoms with Crippen molar-refractivity contribution in [2.45, 2.75) is 30.7 Å². The first-order valence-electron chi connectivity index (χ1n) is 6.53. The molecule has 6 heteroatoms. The van der Waals surface area contributed by atoms with Crippen molar-refractivity contribution < 1.29 is 18.3 Å². The fourth-order valence-corrected chi connectivity index (χ4v) is 3.14. The predicted octanol–water partition coefficient (Wildman–Crippen LogP) is 3.58. The molecule has 1 amide bonds. The summed E-state index contributed by atoms with van der Waals surface area (Å²) in [5.41, 5.74) is 0.326. The van der Waals surface area contributed by atoms with E-state index in [1.807, 2.05) is 0 Å². The normalized spacial score (nSPS) is 22.0. The first-order valence-corrected chi connectivity index (χ1v) is 7.45. The minimum absolute atomic E-state index is 0.00751. The van der Waals surface area contributed by atoms with Gasteiger partial charge < -0.3 is 10.1 Å². The molecule has 1 aliphatic carbocycles. The van der Waals surface area contributed by atoms with Crippen molar-refractivity contribution in [2.24, 2.45) is 5.92 Å². The van der Waals surface area contributed by atoms with Crippen LogP contribution < -0.4 is 10.1 Å². The molecule has 0 aliphatic heterocycles. The summed E-state index contributed by atoms with van der Waals surface area (Å²) in [7, 11) is 0. The topological polar surface area (TPSA) is 38.3 Å². The number of amides is 1. The van der Waals surface area contributed by atoms with Gasteiger partial charge >= 0.3 is 6.61 Å². The molecular weight excluding hydrogens is 332 g/mol. The van der Waals surface area contributed by atoms with Crippen LogP contribution in [-0.4, -0.2) is 23.9 Å². The van der Waals surface area contributed by atoms with Crippen LogP contribution >= 0.6 is 15.9 Å². The van der Waals surface area contributed by atoms with Gasteiger partial charge in [0.1, 0.15) is 5.75 Å². The van der Waals surface area contributed by atoms with Crippen molar-refractivity contribution >= 4 is 21.8 Å². The van der Waals surface area contributed by atoms with Crippen molar-refractivity contribution in [2.75, 3.05) is 6.54 Å². The molecule has 1 aliphatic rings. The van der Waals surface area contributed by atoms with E-state index in [0.717, 1.165) is 19.3 Å². The zero-order valence-electron chi connectivity index (χ0n) is 10.8. The second-order valence-electron chi connectivity index (χ2n) is 4.82. The molecule has 1 aromatic rings. The Labute approximate surface area is 124 Å². The molecule has 0 saturated heterocycles. The van der Waals surface area contributed by atoms with Crippen LogP contribution in [0.4, 0.5) is 8.78 Å². The van der Waals surface area contributed by atoms with Gasteiger partial charge in [-0.3, -0.25) is 4.79 Å². The predicted molar refractivity (Wildman–Crippen MR) is 75.5 cm³/mol. The summed E-state index contributed by atoms with van der Waals surface area (Å²) in [6, 6.07) is 5.82. The van der Waals surface area contributed by atoms with Gasteiger partial charge in [-0.15, -0.1) is 0 Å². The summed E-state index contributed by atoms with van der Waals surface area (Å²) in [6.45, 7) is -2.30. The Morgan fingerprint density at radius 1 is 1.45 bits per heavy atom. The number of benzene rings is 1. The summed E-state index contributed by atoms with van der Waals surface area (Å²) in [5, 5.41) is 2.84. The van der Waals surface area contributed by atoms with E-state index in [4.69, 9.17) is 0 Å². The first kappa shape index (κ1) is 15.2. The summed E-state index contributed by atoms with van der Waals surface area (Å²) in [6.07, 6.45) is 3.37. The van der Waals surface area contributed by atoms with Gasteiger partial charge in [-0.1, -0.05) is 28.4 Å². The Hall–Kier alpha value is -1.17. The molecule has 110 valence electrons. The molecule has 2 rings (SSSR count). The Balaban J connectivity index is 1.91. The van der Waals surface area contributed by atoms with E-state index in [1.165, 1.54) is 18.2 Å². The molecule has 1 fully saturated rings. The molecule has 0 bridgehead atoms. The van der Waals surface area contributed by atoms with Crippen LogP contribution in [0.1, 0.15) is 29.6 Å². The Bertz CT molecular complexity index is 470.